The Labute approximate surface area is 104 Å². The molecule has 7 nitrogen and oxygen atoms in total. The predicted octanol–water partition coefficient (Wildman–Crippen LogP) is -0.0563. The van der Waals surface area contributed by atoms with Crippen LogP contribution < -0.4 is 10.5 Å². The van der Waals surface area contributed by atoms with Gasteiger partial charge in [0.15, 0.2) is 0 Å². The molecule has 0 spiro atoms. The van der Waals surface area contributed by atoms with Crippen LogP contribution in [-0.4, -0.2) is 50.3 Å². The molecule has 2 atom stereocenters. The Morgan fingerprint density at radius 1 is 1.19 bits per heavy atom. The summed E-state index contributed by atoms with van der Waals surface area (Å²) in [5.41, 5.74) is 5.24. The molecule has 0 saturated carbocycles. The number of carboxylic acids is 2. The van der Waals surface area contributed by atoms with Crippen molar-refractivity contribution in [3.63, 3.8) is 0 Å². The molecule has 0 fully saturated rings. The molecule has 0 bridgehead atoms. The van der Waals surface area contributed by atoms with Gasteiger partial charge in [0.25, 0.3) is 0 Å². The number of nitrogens with two attached hydrogens (primary N) is 1. The van der Waals surface area contributed by atoms with E-state index in [1.807, 2.05) is 0 Å². The van der Waals surface area contributed by atoms with Gasteiger partial charge in [0.1, 0.15) is 12.1 Å². The molecule has 0 aliphatic carbocycles. The maximum absolute atomic E-state index is 10.6. The third kappa shape index (κ3) is 7.19. The summed E-state index contributed by atoms with van der Waals surface area (Å²) in [4.78, 5) is 20.9. The molecular formula is C6H12N2O5S3. The fraction of sp³-hybridized carbons (Fsp3) is 0.667. The van der Waals surface area contributed by atoms with Gasteiger partial charge in [-0.05, 0) is 0 Å². The van der Waals surface area contributed by atoms with Gasteiger partial charge in [-0.3, -0.25) is 9.59 Å². The summed E-state index contributed by atoms with van der Waals surface area (Å²) in [6.07, 6.45) is 0. The van der Waals surface area contributed by atoms with Gasteiger partial charge < -0.3 is 20.5 Å². The Kier molecular flexibility index (Phi) is 8.89. The fourth-order valence-electron chi connectivity index (χ4n) is 0.528. The first-order valence-electron chi connectivity index (χ1n) is 4.00. The second-order valence-corrected chi connectivity index (χ2v) is 5.58. The van der Waals surface area contributed by atoms with Crippen molar-refractivity contribution in [2.75, 3.05) is 11.5 Å². The monoisotopic (exact) mass is 288 g/mol. The van der Waals surface area contributed by atoms with Gasteiger partial charge in [-0.1, -0.05) is 21.6 Å². The maximum atomic E-state index is 10.6. The summed E-state index contributed by atoms with van der Waals surface area (Å²) in [5, 5.41) is 17.1. The first kappa shape index (κ1) is 15.9. The van der Waals surface area contributed by atoms with Crippen molar-refractivity contribution in [2.24, 2.45) is 5.73 Å². The Morgan fingerprint density at radius 3 is 2.19 bits per heavy atom. The topological polar surface area (TPSA) is 133 Å². The van der Waals surface area contributed by atoms with E-state index in [1.54, 1.807) is 0 Å². The van der Waals surface area contributed by atoms with E-state index in [0.717, 1.165) is 0 Å². The number of nitrogens with one attached hydrogen (secondary N) is 1. The average molecular weight is 288 g/mol. The number of carbonyl (C=O) groups is 2. The van der Waals surface area contributed by atoms with Crippen LogP contribution in [0.15, 0.2) is 0 Å². The van der Waals surface area contributed by atoms with Crippen molar-refractivity contribution in [3.05, 3.63) is 0 Å². The Morgan fingerprint density at radius 2 is 1.75 bits per heavy atom. The molecule has 0 heterocycles. The van der Waals surface area contributed by atoms with Crippen LogP contribution in [0.4, 0.5) is 0 Å². The molecule has 94 valence electrons. The van der Waals surface area contributed by atoms with E-state index >= 15 is 0 Å². The van der Waals surface area contributed by atoms with Gasteiger partial charge in [-0.2, -0.15) is 0 Å². The van der Waals surface area contributed by atoms with Gasteiger partial charge in [0, 0.05) is 11.5 Å². The normalized spacial score (nSPS) is 14.4. The van der Waals surface area contributed by atoms with E-state index in [9.17, 15) is 9.59 Å². The zero-order valence-electron chi connectivity index (χ0n) is 8.03. The van der Waals surface area contributed by atoms with Crippen molar-refractivity contribution in [1.82, 2.24) is 4.72 Å². The van der Waals surface area contributed by atoms with Crippen LogP contribution in [0.5, 0.6) is 0 Å². The van der Waals surface area contributed by atoms with Crippen LogP contribution in [0.3, 0.4) is 0 Å². The fourth-order valence-corrected chi connectivity index (χ4v) is 3.21. The van der Waals surface area contributed by atoms with Crippen molar-refractivity contribution in [1.29, 1.82) is 0 Å². The van der Waals surface area contributed by atoms with Crippen LogP contribution in [0.2, 0.25) is 0 Å². The van der Waals surface area contributed by atoms with E-state index in [2.05, 4.69) is 4.72 Å². The SMILES string of the molecule is NC(CSSC[C@H](NSO)C(=O)O)C(=O)O. The molecule has 1 unspecified atom stereocenters. The average Bonchev–Trinajstić information content (AvgIpc) is 2.21. The molecule has 0 aromatic heterocycles. The highest BCUT2D eigenvalue weighted by molar-refractivity contribution is 8.76. The zero-order valence-corrected chi connectivity index (χ0v) is 10.5. The summed E-state index contributed by atoms with van der Waals surface area (Å²) in [6, 6.07) is -1.85. The molecule has 0 aromatic rings. The number of hydrogen-bond acceptors (Lipinski definition) is 8. The Hall–Kier alpha value is -0.130. The standard InChI is InChI=1S/C6H12N2O5S3/c7-3(5(9)10)1-14-15-2-4(6(11)12)8-16-13/h3-4,8,13H,1-2,7H2,(H,9,10)(H,11,12)/t3?,4-/m0/s1. The number of carboxylic acid groups (broad SMARTS) is 2. The Bertz CT molecular complexity index is 242. The second-order valence-electron chi connectivity index (χ2n) is 2.61. The van der Waals surface area contributed by atoms with E-state index in [0.29, 0.717) is 0 Å². The smallest absolute Gasteiger partial charge is 0.322 e. The maximum Gasteiger partial charge on any atom is 0.322 e. The number of rotatable bonds is 9. The molecule has 0 aliphatic rings. The number of hydrogen-bond donors (Lipinski definition) is 5. The zero-order chi connectivity index (χ0) is 12.6. The summed E-state index contributed by atoms with van der Waals surface area (Å²) in [6.45, 7) is 0. The second kappa shape index (κ2) is 8.96. The van der Waals surface area contributed by atoms with Gasteiger partial charge >= 0.3 is 11.9 Å². The lowest BCUT2D eigenvalue weighted by atomic mass is 10.4. The lowest BCUT2D eigenvalue weighted by molar-refractivity contribution is -0.139. The summed E-state index contributed by atoms with van der Waals surface area (Å²) < 4.78 is 10.7. The van der Waals surface area contributed by atoms with E-state index in [1.165, 1.54) is 21.6 Å². The van der Waals surface area contributed by atoms with Crippen LogP contribution in [0, 0.1) is 0 Å². The third-order valence-electron chi connectivity index (χ3n) is 1.38. The molecule has 0 radical (unpaired) electrons. The van der Waals surface area contributed by atoms with Crippen molar-refractivity contribution >= 4 is 45.8 Å². The van der Waals surface area contributed by atoms with Gasteiger partial charge in [-0.15, -0.1) is 0 Å². The highest BCUT2D eigenvalue weighted by atomic mass is 33.1. The molecule has 0 rings (SSSR count). The highest BCUT2D eigenvalue weighted by Crippen LogP contribution is 2.22. The van der Waals surface area contributed by atoms with Crippen molar-refractivity contribution in [2.45, 2.75) is 12.1 Å². The first-order valence-corrected chi connectivity index (χ1v) is 7.26. The predicted molar refractivity (Wildman–Crippen MR) is 65.3 cm³/mol. The Balaban J connectivity index is 3.70. The largest absolute Gasteiger partial charge is 0.480 e. The molecule has 0 aliphatic heterocycles. The van der Waals surface area contributed by atoms with Gasteiger partial charge in [0.05, 0.1) is 12.2 Å². The van der Waals surface area contributed by atoms with Gasteiger partial charge in [-0.25, -0.2) is 4.72 Å². The van der Waals surface area contributed by atoms with Crippen LogP contribution in [0.25, 0.3) is 0 Å². The lowest BCUT2D eigenvalue weighted by Crippen LogP contribution is -2.34. The van der Waals surface area contributed by atoms with E-state index in [-0.39, 0.29) is 23.7 Å². The molecule has 0 saturated heterocycles. The third-order valence-corrected chi connectivity index (χ3v) is 4.21. The minimum absolute atomic E-state index is 0.193. The quantitative estimate of drug-likeness (QED) is 0.170. The molecule has 10 heteroatoms. The number of aliphatic carboxylic acids is 2. The van der Waals surface area contributed by atoms with Crippen LogP contribution in [0.1, 0.15) is 0 Å². The first-order chi connectivity index (χ1) is 7.49. The van der Waals surface area contributed by atoms with E-state index in [4.69, 9.17) is 20.5 Å². The molecular weight excluding hydrogens is 276 g/mol. The summed E-state index contributed by atoms with van der Waals surface area (Å²) >= 11 is 0.235. The van der Waals surface area contributed by atoms with Crippen molar-refractivity contribution in [3.8, 4) is 0 Å². The summed E-state index contributed by atoms with van der Waals surface area (Å²) in [5.74, 6) is -1.79. The van der Waals surface area contributed by atoms with Crippen LogP contribution >= 0.6 is 33.8 Å². The molecule has 0 amide bonds. The van der Waals surface area contributed by atoms with E-state index < -0.39 is 24.0 Å². The summed E-state index contributed by atoms with van der Waals surface area (Å²) in [7, 11) is 2.36. The van der Waals surface area contributed by atoms with Crippen molar-refractivity contribution < 1.29 is 24.4 Å². The molecule has 6 N–H and O–H groups in total. The minimum Gasteiger partial charge on any atom is -0.480 e. The minimum atomic E-state index is -1.09. The lowest BCUT2D eigenvalue weighted by Gasteiger charge is -2.10. The van der Waals surface area contributed by atoms with Crippen LogP contribution in [-0.2, 0) is 9.59 Å². The molecule has 16 heavy (non-hydrogen) atoms. The molecule has 0 aromatic carbocycles. The highest BCUT2D eigenvalue weighted by Gasteiger charge is 2.18. The van der Waals surface area contributed by atoms with Gasteiger partial charge in [0.2, 0.25) is 0 Å².